The van der Waals surface area contributed by atoms with Crippen molar-refractivity contribution in [3.05, 3.63) is 114 Å². The van der Waals surface area contributed by atoms with Crippen molar-refractivity contribution in [3.8, 4) is 23.0 Å². The summed E-state index contributed by atoms with van der Waals surface area (Å²) in [5.41, 5.74) is 6.62. The number of nitrogens with zero attached hydrogens (tertiary/aromatic N) is 5. The summed E-state index contributed by atoms with van der Waals surface area (Å²) in [6.45, 7) is 10.8. The number of hydrogen-bond donors (Lipinski definition) is 0. The predicted molar refractivity (Wildman–Crippen MR) is 161 cm³/mol. The highest BCUT2D eigenvalue weighted by Crippen LogP contribution is 2.36. The zero-order valence-corrected chi connectivity index (χ0v) is 23.4. The predicted octanol–water partition coefficient (Wildman–Crippen LogP) is 8.32. The van der Waals surface area contributed by atoms with Gasteiger partial charge in [0.15, 0.2) is 0 Å². The maximum Gasteiger partial charge on any atom is 0.219 e. The van der Waals surface area contributed by atoms with Crippen LogP contribution in [0, 0.1) is 13.8 Å². The Labute approximate surface area is 233 Å². The molecule has 0 atom stereocenters. The van der Waals surface area contributed by atoms with E-state index in [0.29, 0.717) is 0 Å². The Morgan fingerprint density at radius 1 is 0.750 bits per heavy atom. The third kappa shape index (κ3) is 3.87. The second kappa shape index (κ2) is 8.85. The molecule has 0 unspecified atom stereocenters. The van der Waals surface area contributed by atoms with E-state index in [1.807, 2.05) is 49.8 Å². The molecule has 0 spiro atoms. The molecule has 3 aromatic carbocycles. The fraction of sp³-hybridized carbons (Fsp3) is 0.176. The maximum absolute atomic E-state index is 6.46. The Morgan fingerprint density at radius 2 is 1.55 bits per heavy atom. The molecule has 0 bridgehead atoms. The Balaban J connectivity index is 1.32. The second-order valence-electron chi connectivity index (χ2n) is 11.4. The van der Waals surface area contributed by atoms with Crippen LogP contribution >= 0.6 is 0 Å². The largest absolute Gasteiger partial charge is 0.457 e. The van der Waals surface area contributed by atoms with E-state index in [2.05, 4.69) is 95.8 Å². The summed E-state index contributed by atoms with van der Waals surface area (Å²) in [6, 6.07) is 27.2. The van der Waals surface area contributed by atoms with Gasteiger partial charge in [-0.25, -0.2) is 9.97 Å². The van der Waals surface area contributed by atoms with Gasteiger partial charge in [0.2, 0.25) is 5.78 Å². The van der Waals surface area contributed by atoms with Crippen molar-refractivity contribution >= 4 is 27.6 Å². The highest BCUT2D eigenvalue weighted by Gasteiger charge is 2.18. The molecule has 0 fully saturated rings. The second-order valence-corrected chi connectivity index (χ2v) is 11.4. The number of aromatic nitrogens is 5. The van der Waals surface area contributed by atoms with Crippen LogP contribution in [-0.4, -0.2) is 23.5 Å². The van der Waals surface area contributed by atoms with Gasteiger partial charge in [0.1, 0.15) is 17.3 Å². The fourth-order valence-corrected chi connectivity index (χ4v) is 5.46. The lowest BCUT2D eigenvalue weighted by atomic mass is 9.88. The molecule has 0 aliphatic rings. The van der Waals surface area contributed by atoms with Gasteiger partial charge in [0.25, 0.3) is 0 Å². The summed E-state index contributed by atoms with van der Waals surface area (Å²) in [4.78, 5) is 9.55. The summed E-state index contributed by atoms with van der Waals surface area (Å²) < 4.78 is 12.9. The van der Waals surface area contributed by atoms with Crippen molar-refractivity contribution in [1.82, 2.24) is 23.5 Å². The molecular weight excluding hydrogens is 494 g/mol. The number of fused-ring (bicyclic) bond motifs is 4. The van der Waals surface area contributed by atoms with Crippen molar-refractivity contribution in [2.24, 2.45) is 0 Å². The first-order chi connectivity index (χ1) is 19.3. The summed E-state index contributed by atoms with van der Waals surface area (Å²) in [7, 11) is 0. The molecule has 4 heterocycles. The third-order valence-electron chi connectivity index (χ3n) is 7.77. The monoisotopic (exact) mass is 525 g/mol. The topological polar surface area (TPSA) is 49.3 Å². The van der Waals surface area contributed by atoms with Crippen LogP contribution in [-0.2, 0) is 5.41 Å². The molecule has 0 aliphatic heterocycles. The van der Waals surface area contributed by atoms with Crippen molar-refractivity contribution in [2.75, 3.05) is 0 Å². The minimum absolute atomic E-state index is 0.0226. The van der Waals surface area contributed by atoms with Crippen LogP contribution in [0.4, 0.5) is 0 Å². The molecule has 0 saturated heterocycles. The molecule has 40 heavy (non-hydrogen) atoms. The lowest BCUT2D eigenvalue weighted by Crippen LogP contribution is -2.12. The SMILES string of the molecule is Cc1nc2n(-c3cccc(Oc4ccc5c6ccccc6n(-c6cc(C(C)(C)C)ccn6)c5c4)c3)ccn2c1C. The van der Waals surface area contributed by atoms with Crippen molar-refractivity contribution in [1.29, 1.82) is 0 Å². The molecule has 0 saturated carbocycles. The van der Waals surface area contributed by atoms with Gasteiger partial charge < -0.3 is 4.74 Å². The highest BCUT2D eigenvalue weighted by atomic mass is 16.5. The zero-order valence-electron chi connectivity index (χ0n) is 23.4. The quantitative estimate of drug-likeness (QED) is 0.232. The van der Waals surface area contributed by atoms with Crippen LogP contribution in [0.25, 0.3) is 39.1 Å². The molecule has 0 radical (unpaired) electrons. The van der Waals surface area contributed by atoms with E-state index in [0.717, 1.165) is 51.2 Å². The molecule has 0 aliphatic carbocycles. The first-order valence-electron chi connectivity index (χ1n) is 13.6. The average Bonchev–Trinajstić information content (AvgIpc) is 3.59. The summed E-state index contributed by atoms with van der Waals surface area (Å²) in [5, 5.41) is 2.36. The number of hydrogen-bond acceptors (Lipinski definition) is 3. The van der Waals surface area contributed by atoms with Crippen LogP contribution in [0.2, 0.25) is 0 Å². The van der Waals surface area contributed by atoms with Gasteiger partial charge in [-0.15, -0.1) is 0 Å². The average molecular weight is 526 g/mol. The van der Waals surface area contributed by atoms with E-state index < -0.39 is 0 Å². The Bertz CT molecular complexity index is 2050. The van der Waals surface area contributed by atoms with Crippen LogP contribution in [0.5, 0.6) is 11.5 Å². The van der Waals surface area contributed by atoms with E-state index in [9.17, 15) is 0 Å². The zero-order chi connectivity index (χ0) is 27.6. The van der Waals surface area contributed by atoms with Gasteiger partial charge in [-0.2, -0.15) is 0 Å². The highest BCUT2D eigenvalue weighted by molar-refractivity contribution is 6.09. The molecule has 6 nitrogen and oxygen atoms in total. The number of rotatable bonds is 4. The Morgan fingerprint density at radius 3 is 2.40 bits per heavy atom. The van der Waals surface area contributed by atoms with Crippen molar-refractivity contribution in [3.63, 3.8) is 0 Å². The van der Waals surface area contributed by atoms with E-state index >= 15 is 0 Å². The number of pyridine rings is 1. The maximum atomic E-state index is 6.46. The number of benzene rings is 3. The van der Waals surface area contributed by atoms with Crippen LogP contribution in [0.3, 0.4) is 0 Å². The van der Waals surface area contributed by atoms with Crippen LogP contribution in [0.1, 0.15) is 37.7 Å². The first-order valence-corrected chi connectivity index (χ1v) is 13.6. The van der Waals surface area contributed by atoms with Gasteiger partial charge in [0, 0.05) is 47.2 Å². The lowest BCUT2D eigenvalue weighted by molar-refractivity contribution is 0.483. The molecule has 7 aromatic rings. The number of aryl methyl sites for hydroxylation is 2. The summed E-state index contributed by atoms with van der Waals surface area (Å²) >= 11 is 0. The van der Waals surface area contributed by atoms with Gasteiger partial charge >= 0.3 is 0 Å². The van der Waals surface area contributed by atoms with E-state index in [4.69, 9.17) is 14.7 Å². The Kier molecular flexibility index (Phi) is 5.36. The number of imidazole rings is 2. The molecule has 0 amide bonds. The molecule has 7 rings (SSSR count). The smallest absolute Gasteiger partial charge is 0.219 e. The van der Waals surface area contributed by atoms with Gasteiger partial charge in [0.05, 0.1) is 22.4 Å². The normalized spacial score (nSPS) is 12.1. The van der Waals surface area contributed by atoms with Crippen molar-refractivity contribution in [2.45, 2.75) is 40.0 Å². The van der Waals surface area contributed by atoms with Gasteiger partial charge in [-0.1, -0.05) is 45.0 Å². The first kappa shape index (κ1) is 24.2. The number of para-hydroxylation sites is 1. The summed E-state index contributed by atoms with van der Waals surface area (Å²) in [5.74, 6) is 3.33. The molecular formula is C34H31N5O. The minimum atomic E-state index is 0.0226. The van der Waals surface area contributed by atoms with E-state index in [1.54, 1.807) is 0 Å². The minimum Gasteiger partial charge on any atom is -0.457 e. The standard InChI is InChI=1S/C34H31N5O/c1-22-23(2)37-17-18-38(33(37)36-22)25-9-8-10-26(20-25)40-27-13-14-29-28-11-6-7-12-30(28)39(31(29)21-27)32-19-24(15-16-35-32)34(3,4)5/h6-21H,1-5H3. The van der Waals surface area contributed by atoms with Crippen LogP contribution < -0.4 is 4.74 Å². The fourth-order valence-electron chi connectivity index (χ4n) is 5.46. The molecule has 198 valence electrons. The van der Waals surface area contributed by atoms with Crippen molar-refractivity contribution < 1.29 is 4.74 Å². The third-order valence-corrected chi connectivity index (χ3v) is 7.77. The van der Waals surface area contributed by atoms with E-state index in [-0.39, 0.29) is 5.41 Å². The lowest BCUT2D eigenvalue weighted by Gasteiger charge is -2.20. The molecule has 6 heteroatoms. The summed E-state index contributed by atoms with van der Waals surface area (Å²) in [6.07, 6.45) is 5.99. The van der Waals surface area contributed by atoms with E-state index in [1.165, 1.54) is 16.3 Å². The van der Waals surface area contributed by atoms with Gasteiger partial charge in [-0.3, -0.25) is 13.5 Å². The molecule has 4 aromatic heterocycles. The van der Waals surface area contributed by atoms with Gasteiger partial charge in [-0.05, 0) is 67.3 Å². The number of ether oxygens (including phenoxy) is 1. The molecule has 0 N–H and O–H groups in total. The van der Waals surface area contributed by atoms with Crippen LogP contribution in [0.15, 0.2) is 97.5 Å². The Hall–Kier alpha value is -4.84.